The minimum absolute atomic E-state index is 0.0171. The standard InChI is InChI=1S/C17H22O6/c1-10(4-6-16(21)22)3-5-12-13(7-18)11(2)14(8-19)15(9-20)17(12)23/h3,9,18-19,23H,4-8H2,1-2H3,(H,21,22)/b10-3+. The lowest BCUT2D eigenvalue weighted by molar-refractivity contribution is -0.136. The molecular formula is C17H22O6. The first-order valence-electron chi connectivity index (χ1n) is 7.27. The van der Waals surface area contributed by atoms with Gasteiger partial charge in [0.2, 0.25) is 0 Å². The molecule has 1 aromatic carbocycles. The number of aldehydes is 1. The third-order valence-electron chi connectivity index (χ3n) is 3.96. The van der Waals surface area contributed by atoms with Gasteiger partial charge in [0.05, 0.1) is 18.8 Å². The summed E-state index contributed by atoms with van der Waals surface area (Å²) in [4.78, 5) is 21.8. The molecule has 0 spiro atoms. The van der Waals surface area contributed by atoms with Gasteiger partial charge in [0.15, 0.2) is 6.29 Å². The van der Waals surface area contributed by atoms with E-state index in [0.29, 0.717) is 35.0 Å². The van der Waals surface area contributed by atoms with E-state index in [1.807, 2.05) is 0 Å². The monoisotopic (exact) mass is 322 g/mol. The van der Waals surface area contributed by atoms with Crippen molar-refractivity contribution in [2.24, 2.45) is 0 Å². The van der Waals surface area contributed by atoms with Crippen LogP contribution in [0.5, 0.6) is 5.75 Å². The van der Waals surface area contributed by atoms with Gasteiger partial charge in [-0.15, -0.1) is 0 Å². The zero-order valence-electron chi connectivity index (χ0n) is 13.3. The number of aliphatic hydroxyl groups is 2. The van der Waals surface area contributed by atoms with E-state index in [-0.39, 0.29) is 30.8 Å². The van der Waals surface area contributed by atoms with Crippen molar-refractivity contribution in [3.05, 3.63) is 39.5 Å². The molecule has 1 rings (SSSR count). The van der Waals surface area contributed by atoms with Gasteiger partial charge in [0.1, 0.15) is 5.75 Å². The van der Waals surface area contributed by atoms with Crippen molar-refractivity contribution < 1.29 is 30.0 Å². The van der Waals surface area contributed by atoms with Crippen molar-refractivity contribution in [1.82, 2.24) is 0 Å². The van der Waals surface area contributed by atoms with Gasteiger partial charge in [0.25, 0.3) is 0 Å². The molecule has 1 aromatic rings. The van der Waals surface area contributed by atoms with Gasteiger partial charge >= 0.3 is 5.97 Å². The number of carbonyl (C=O) groups excluding carboxylic acids is 1. The summed E-state index contributed by atoms with van der Waals surface area (Å²) in [6, 6.07) is 0. The molecule has 6 nitrogen and oxygen atoms in total. The Labute approximate surface area is 134 Å². The van der Waals surface area contributed by atoms with E-state index < -0.39 is 12.6 Å². The van der Waals surface area contributed by atoms with E-state index >= 15 is 0 Å². The second kappa shape index (κ2) is 8.45. The van der Waals surface area contributed by atoms with Crippen molar-refractivity contribution in [2.75, 3.05) is 0 Å². The molecule has 0 aromatic heterocycles. The Kier molecular flexibility index (Phi) is 6.93. The topological polar surface area (TPSA) is 115 Å². The van der Waals surface area contributed by atoms with Crippen molar-refractivity contribution in [1.29, 1.82) is 0 Å². The molecule has 23 heavy (non-hydrogen) atoms. The van der Waals surface area contributed by atoms with Crippen molar-refractivity contribution in [2.45, 2.75) is 46.3 Å². The second-order valence-corrected chi connectivity index (χ2v) is 5.41. The number of phenolic OH excluding ortho intramolecular Hbond substituents is 1. The summed E-state index contributed by atoms with van der Waals surface area (Å²) in [5, 5.41) is 37.9. The van der Waals surface area contributed by atoms with E-state index in [2.05, 4.69) is 0 Å². The summed E-state index contributed by atoms with van der Waals surface area (Å²) in [6.07, 6.45) is 2.92. The Morgan fingerprint density at radius 3 is 2.17 bits per heavy atom. The Balaban J connectivity index is 3.25. The van der Waals surface area contributed by atoms with Crippen LogP contribution in [0.15, 0.2) is 11.6 Å². The fourth-order valence-corrected chi connectivity index (χ4v) is 2.51. The number of hydrogen-bond donors (Lipinski definition) is 4. The van der Waals surface area contributed by atoms with Crippen LogP contribution in [-0.4, -0.2) is 32.7 Å². The molecule has 0 unspecified atom stereocenters. The minimum Gasteiger partial charge on any atom is -0.507 e. The molecule has 0 aliphatic heterocycles. The number of hydrogen-bond acceptors (Lipinski definition) is 5. The van der Waals surface area contributed by atoms with Crippen molar-refractivity contribution in [3.63, 3.8) is 0 Å². The predicted molar refractivity (Wildman–Crippen MR) is 84.4 cm³/mol. The van der Waals surface area contributed by atoms with Crippen LogP contribution >= 0.6 is 0 Å². The van der Waals surface area contributed by atoms with Crippen LogP contribution in [0.1, 0.15) is 52.4 Å². The number of aliphatic carboxylic acids is 1. The smallest absolute Gasteiger partial charge is 0.303 e. The zero-order valence-corrected chi connectivity index (χ0v) is 13.3. The molecule has 0 amide bonds. The van der Waals surface area contributed by atoms with E-state index in [0.717, 1.165) is 5.57 Å². The first-order chi connectivity index (χ1) is 10.9. The number of aliphatic hydroxyl groups excluding tert-OH is 2. The lowest BCUT2D eigenvalue weighted by Gasteiger charge is -2.18. The Morgan fingerprint density at radius 1 is 1.09 bits per heavy atom. The third kappa shape index (κ3) is 4.40. The largest absolute Gasteiger partial charge is 0.507 e. The molecule has 4 N–H and O–H groups in total. The molecule has 0 atom stereocenters. The Hall–Kier alpha value is -2.18. The van der Waals surface area contributed by atoms with Crippen molar-refractivity contribution >= 4 is 12.3 Å². The van der Waals surface area contributed by atoms with E-state index in [1.54, 1.807) is 19.9 Å². The van der Waals surface area contributed by atoms with Gasteiger partial charge in [-0.25, -0.2) is 0 Å². The number of phenols is 1. The Bertz CT molecular complexity index is 631. The van der Waals surface area contributed by atoms with Crippen LogP contribution in [0.25, 0.3) is 0 Å². The quantitative estimate of drug-likeness (QED) is 0.429. The maximum atomic E-state index is 11.2. The lowest BCUT2D eigenvalue weighted by atomic mass is 9.90. The lowest BCUT2D eigenvalue weighted by Crippen LogP contribution is -2.07. The van der Waals surface area contributed by atoms with Gasteiger partial charge in [-0.3, -0.25) is 9.59 Å². The van der Waals surface area contributed by atoms with E-state index in [4.69, 9.17) is 5.11 Å². The maximum Gasteiger partial charge on any atom is 0.303 e. The van der Waals surface area contributed by atoms with Crippen molar-refractivity contribution in [3.8, 4) is 5.75 Å². The summed E-state index contributed by atoms with van der Waals surface area (Å²) >= 11 is 0. The molecule has 126 valence electrons. The highest BCUT2D eigenvalue weighted by atomic mass is 16.4. The summed E-state index contributed by atoms with van der Waals surface area (Å²) in [5.41, 5.74) is 2.62. The SMILES string of the molecule is C/C(=C\Cc1c(O)c(C=O)c(CO)c(C)c1CO)CCC(=O)O. The molecule has 0 fully saturated rings. The molecule has 0 saturated heterocycles. The fraction of sp³-hybridized carbons (Fsp3) is 0.412. The Morgan fingerprint density at radius 2 is 1.70 bits per heavy atom. The number of carbonyl (C=O) groups is 2. The first-order valence-corrected chi connectivity index (χ1v) is 7.27. The maximum absolute atomic E-state index is 11.2. The number of allylic oxidation sites excluding steroid dienone is 2. The highest BCUT2D eigenvalue weighted by molar-refractivity contribution is 5.84. The van der Waals surface area contributed by atoms with Crippen LogP contribution in [0.2, 0.25) is 0 Å². The third-order valence-corrected chi connectivity index (χ3v) is 3.96. The average molecular weight is 322 g/mol. The minimum atomic E-state index is -0.886. The zero-order chi connectivity index (χ0) is 17.6. The molecule has 0 heterocycles. The normalized spacial score (nSPS) is 11.6. The predicted octanol–water partition coefficient (Wildman–Crippen LogP) is 1.85. The van der Waals surface area contributed by atoms with Crippen LogP contribution in [0.3, 0.4) is 0 Å². The fourth-order valence-electron chi connectivity index (χ4n) is 2.51. The van der Waals surface area contributed by atoms with E-state index in [9.17, 15) is 24.9 Å². The number of carboxylic acid groups (broad SMARTS) is 1. The highest BCUT2D eigenvalue weighted by Crippen LogP contribution is 2.33. The van der Waals surface area contributed by atoms with Gasteiger partial charge in [-0.05, 0) is 43.4 Å². The summed E-state index contributed by atoms with van der Waals surface area (Å²) < 4.78 is 0. The van der Waals surface area contributed by atoms with Gasteiger partial charge in [0, 0.05) is 12.0 Å². The first kappa shape index (κ1) is 18.9. The summed E-state index contributed by atoms with van der Waals surface area (Å²) in [6.45, 7) is 2.72. The highest BCUT2D eigenvalue weighted by Gasteiger charge is 2.19. The molecular weight excluding hydrogens is 300 g/mol. The van der Waals surface area contributed by atoms with Crippen LogP contribution in [-0.2, 0) is 24.4 Å². The molecule has 0 radical (unpaired) electrons. The second-order valence-electron chi connectivity index (χ2n) is 5.41. The average Bonchev–Trinajstić information content (AvgIpc) is 2.52. The molecule has 6 heteroatoms. The summed E-state index contributed by atoms with van der Waals surface area (Å²) in [7, 11) is 0. The van der Waals surface area contributed by atoms with Crippen LogP contribution < -0.4 is 0 Å². The number of carboxylic acids is 1. The number of rotatable bonds is 8. The van der Waals surface area contributed by atoms with Gasteiger partial charge in [-0.1, -0.05) is 11.6 Å². The van der Waals surface area contributed by atoms with Gasteiger partial charge in [-0.2, -0.15) is 0 Å². The summed E-state index contributed by atoms with van der Waals surface area (Å²) in [5.74, 6) is -1.14. The van der Waals surface area contributed by atoms with Crippen LogP contribution in [0, 0.1) is 6.92 Å². The number of benzene rings is 1. The van der Waals surface area contributed by atoms with Crippen LogP contribution in [0.4, 0.5) is 0 Å². The molecule has 0 bridgehead atoms. The molecule has 0 saturated carbocycles. The molecule has 0 aliphatic rings. The molecule has 0 aliphatic carbocycles. The van der Waals surface area contributed by atoms with Gasteiger partial charge < -0.3 is 20.4 Å². The van der Waals surface area contributed by atoms with E-state index in [1.165, 1.54) is 0 Å². The number of aromatic hydroxyl groups is 1.